The molecule has 1 aromatic heterocycles. The summed E-state index contributed by atoms with van der Waals surface area (Å²) >= 11 is 0. The summed E-state index contributed by atoms with van der Waals surface area (Å²) in [5.41, 5.74) is 3.24. The first-order valence-corrected chi connectivity index (χ1v) is 7.55. The molecule has 0 saturated heterocycles. The van der Waals surface area contributed by atoms with Gasteiger partial charge in [-0.2, -0.15) is 0 Å². The zero-order chi connectivity index (χ0) is 16.0. The van der Waals surface area contributed by atoms with Crippen molar-refractivity contribution in [1.82, 2.24) is 10.3 Å². The molecule has 4 nitrogen and oxygen atoms in total. The second kappa shape index (κ2) is 7.07. The summed E-state index contributed by atoms with van der Waals surface area (Å²) in [6.45, 7) is 7.10. The summed E-state index contributed by atoms with van der Waals surface area (Å²) in [5, 5.41) is 5.67. The van der Waals surface area contributed by atoms with Crippen molar-refractivity contribution in [3.8, 4) is 0 Å². The molecule has 0 unspecified atom stereocenters. The maximum Gasteiger partial charge on any atom is 0.319 e. The third kappa shape index (κ3) is 4.32. The standard InChI is InChI=1S/C18H23N3O/c1-4-18(2,3)15-5-7-16(8-6-15)21-17(22)20-13-14-9-11-19-12-10-14/h5-12H,4,13H2,1-3H3,(H2,20,21,22). The topological polar surface area (TPSA) is 54.0 Å². The minimum atomic E-state index is -0.209. The normalized spacial score (nSPS) is 11.0. The van der Waals surface area contributed by atoms with E-state index in [0.717, 1.165) is 17.7 Å². The molecular weight excluding hydrogens is 274 g/mol. The van der Waals surface area contributed by atoms with Crippen LogP contribution in [-0.4, -0.2) is 11.0 Å². The van der Waals surface area contributed by atoms with Gasteiger partial charge in [-0.25, -0.2) is 4.79 Å². The number of carbonyl (C=O) groups is 1. The van der Waals surface area contributed by atoms with Gasteiger partial charge in [0.1, 0.15) is 0 Å². The number of carbonyl (C=O) groups excluding carboxylic acids is 1. The number of anilines is 1. The fourth-order valence-corrected chi connectivity index (χ4v) is 2.07. The number of hydrogen-bond acceptors (Lipinski definition) is 2. The Bertz CT molecular complexity index is 606. The average molecular weight is 297 g/mol. The van der Waals surface area contributed by atoms with Gasteiger partial charge in [-0.1, -0.05) is 32.9 Å². The van der Waals surface area contributed by atoms with Crippen molar-refractivity contribution in [3.63, 3.8) is 0 Å². The molecule has 0 bridgehead atoms. The summed E-state index contributed by atoms with van der Waals surface area (Å²) in [7, 11) is 0. The first kappa shape index (κ1) is 16.0. The second-order valence-electron chi connectivity index (χ2n) is 5.98. The Balaban J connectivity index is 1.89. The predicted octanol–water partition coefficient (Wildman–Crippen LogP) is 4.09. The zero-order valence-corrected chi connectivity index (χ0v) is 13.4. The molecule has 0 aliphatic rings. The van der Waals surface area contributed by atoms with Crippen molar-refractivity contribution in [2.24, 2.45) is 0 Å². The Kier molecular flexibility index (Phi) is 5.15. The van der Waals surface area contributed by atoms with Crippen LogP contribution in [0.25, 0.3) is 0 Å². The van der Waals surface area contributed by atoms with Crippen LogP contribution in [-0.2, 0) is 12.0 Å². The second-order valence-corrected chi connectivity index (χ2v) is 5.98. The first-order valence-electron chi connectivity index (χ1n) is 7.55. The Morgan fingerprint density at radius 1 is 1.09 bits per heavy atom. The highest BCUT2D eigenvalue weighted by atomic mass is 16.2. The van der Waals surface area contributed by atoms with E-state index >= 15 is 0 Å². The number of rotatable bonds is 5. The molecule has 2 aromatic rings. The van der Waals surface area contributed by atoms with Crippen molar-refractivity contribution < 1.29 is 4.79 Å². The highest BCUT2D eigenvalue weighted by Gasteiger charge is 2.17. The number of amides is 2. The van der Waals surface area contributed by atoms with Crippen LogP contribution < -0.4 is 10.6 Å². The van der Waals surface area contributed by atoms with E-state index < -0.39 is 0 Å². The third-order valence-corrected chi connectivity index (χ3v) is 4.01. The van der Waals surface area contributed by atoms with Crippen LogP contribution in [0, 0.1) is 0 Å². The maximum absolute atomic E-state index is 11.9. The number of hydrogen-bond donors (Lipinski definition) is 2. The molecule has 2 rings (SSSR count). The lowest BCUT2D eigenvalue weighted by atomic mass is 9.82. The third-order valence-electron chi connectivity index (χ3n) is 4.01. The molecule has 0 aliphatic heterocycles. The van der Waals surface area contributed by atoms with E-state index in [0.29, 0.717) is 6.54 Å². The number of pyridine rings is 1. The monoisotopic (exact) mass is 297 g/mol. The van der Waals surface area contributed by atoms with Gasteiger partial charge in [-0.05, 0) is 47.2 Å². The fourth-order valence-electron chi connectivity index (χ4n) is 2.07. The van der Waals surface area contributed by atoms with Crippen LogP contribution in [0.4, 0.5) is 10.5 Å². The van der Waals surface area contributed by atoms with Crippen LogP contribution in [0.2, 0.25) is 0 Å². The Labute approximate surface area is 132 Å². The summed E-state index contributed by atoms with van der Waals surface area (Å²) in [6.07, 6.45) is 4.50. The molecule has 4 heteroatoms. The Morgan fingerprint density at radius 3 is 2.32 bits per heavy atom. The number of aromatic nitrogens is 1. The predicted molar refractivity (Wildman–Crippen MR) is 89.9 cm³/mol. The van der Waals surface area contributed by atoms with Gasteiger partial charge in [0, 0.05) is 24.6 Å². The van der Waals surface area contributed by atoms with E-state index in [1.165, 1.54) is 5.56 Å². The van der Waals surface area contributed by atoms with Gasteiger partial charge in [0.2, 0.25) is 0 Å². The van der Waals surface area contributed by atoms with Crippen molar-refractivity contribution >= 4 is 11.7 Å². The molecule has 0 aliphatic carbocycles. The van der Waals surface area contributed by atoms with Gasteiger partial charge in [0.25, 0.3) is 0 Å². The lowest BCUT2D eigenvalue weighted by Gasteiger charge is -2.23. The number of urea groups is 1. The Hall–Kier alpha value is -2.36. The van der Waals surface area contributed by atoms with Crippen molar-refractivity contribution in [2.45, 2.75) is 39.2 Å². The quantitative estimate of drug-likeness (QED) is 0.873. The molecule has 2 N–H and O–H groups in total. The van der Waals surface area contributed by atoms with Gasteiger partial charge in [0.15, 0.2) is 0 Å². The van der Waals surface area contributed by atoms with E-state index in [2.05, 4.69) is 48.5 Å². The van der Waals surface area contributed by atoms with Crippen LogP contribution in [0.15, 0.2) is 48.8 Å². The van der Waals surface area contributed by atoms with E-state index in [4.69, 9.17) is 0 Å². The molecule has 0 fully saturated rings. The van der Waals surface area contributed by atoms with Gasteiger partial charge in [0.05, 0.1) is 0 Å². The van der Waals surface area contributed by atoms with Crippen LogP contribution in [0.1, 0.15) is 38.3 Å². The highest BCUT2D eigenvalue weighted by molar-refractivity contribution is 5.89. The van der Waals surface area contributed by atoms with Crippen molar-refractivity contribution in [3.05, 3.63) is 59.9 Å². The van der Waals surface area contributed by atoms with E-state index in [9.17, 15) is 4.79 Å². The maximum atomic E-state index is 11.9. The molecule has 0 atom stereocenters. The molecule has 1 heterocycles. The van der Waals surface area contributed by atoms with Crippen LogP contribution in [0.5, 0.6) is 0 Å². The average Bonchev–Trinajstić information content (AvgIpc) is 2.54. The van der Waals surface area contributed by atoms with Crippen LogP contribution in [0.3, 0.4) is 0 Å². The molecular formula is C18H23N3O. The molecule has 0 radical (unpaired) electrons. The van der Waals surface area contributed by atoms with Gasteiger partial charge in [-0.15, -0.1) is 0 Å². The lowest BCUT2D eigenvalue weighted by Crippen LogP contribution is -2.28. The SMILES string of the molecule is CCC(C)(C)c1ccc(NC(=O)NCc2ccncc2)cc1. The molecule has 2 amide bonds. The molecule has 1 aromatic carbocycles. The summed E-state index contributed by atoms with van der Waals surface area (Å²) < 4.78 is 0. The highest BCUT2D eigenvalue weighted by Crippen LogP contribution is 2.27. The minimum Gasteiger partial charge on any atom is -0.334 e. The number of benzene rings is 1. The summed E-state index contributed by atoms with van der Waals surface area (Å²) in [4.78, 5) is 15.8. The van der Waals surface area contributed by atoms with Gasteiger partial charge in [-0.3, -0.25) is 4.98 Å². The van der Waals surface area contributed by atoms with Crippen LogP contribution >= 0.6 is 0 Å². The van der Waals surface area contributed by atoms with E-state index in [1.54, 1.807) is 12.4 Å². The summed E-state index contributed by atoms with van der Waals surface area (Å²) in [6, 6.07) is 11.6. The largest absolute Gasteiger partial charge is 0.334 e. The minimum absolute atomic E-state index is 0.155. The fraction of sp³-hybridized carbons (Fsp3) is 0.333. The summed E-state index contributed by atoms with van der Waals surface area (Å²) in [5.74, 6) is 0. The number of nitrogens with one attached hydrogen (secondary N) is 2. The molecule has 22 heavy (non-hydrogen) atoms. The lowest BCUT2D eigenvalue weighted by molar-refractivity contribution is 0.251. The smallest absolute Gasteiger partial charge is 0.319 e. The Morgan fingerprint density at radius 2 is 1.73 bits per heavy atom. The number of nitrogens with zero attached hydrogens (tertiary/aromatic N) is 1. The molecule has 0 saturated carbocycles. The van der Waals surface area contributed by atoms with Gasteiger partial charge >= 0.3 is 6.03 Å². The van der Waals surface area contributed by atoms with Crippen molar-refractivity contribution in [2.75, 3.05) is 5.32 Å². The molecule has 0 spiro atoms. The van der Waals surface area contributed by atoms with Crippen molar-refractivity contribution in [1.29, 1.82) is 0 Å². The van der Waals surface area contributed by atoms with Gasteiger partial charge < -0.3 is 10.6 Å². The van der Waals surface area contributed by atoms with E-state index in [1.807, 2.05) is 24.3 Å². The van der Waals surface area contributed by atoms with E-state index in [-0.39, 0.29) is 11.4 Å². The first-order chi connectivity index (χ1) is 10.5. The molecule has 116 valence electrons. The zero-order valence-electron chi connectivity index (χ0n) is 13.4.